The number of nitrogens with zero attached hydrogens (tertiary/aromatic N) is 5. The van der Waals surface area contributed by atoms with Crippen LogP contribution >= 0.6 is 0 Å². The second-order valence-corrected chi connectivity index (χ2v) is 9.90. The van der Waals surface area contributed by atoms with Crippen molar-refractivity contribution in [3.8, 4) is 0 Å². The fraction of sp³-hybridized carbons (Fsp3) is 0.500. The number of benzene rings is 1. The molecule has 11 heteroatoms. The first-order chi connectivity index (χ1) is 18.0. The minimum atomic E-state index is -1.36. The van der Waals surface area contributed by atoms with Gasteiger partial charge in [-0.2, -0.15) is 0 Å². The standard InChI is InChI=1S/C26H29N5O6/c1-2-16(14-32)31-22-24(34)29(15-30-18-9-4-3-8-17(18)27-28-30)12-7-11-26(22)21(23(31)33)20-19(37-26)10-5-6-13-36-25(20)35/h3-5,7-11,16,19-22,32H,2,6,12-15H2,1H3/t16-,19+,20-,21-,22?,26-/m0/s1. The number of para-hydroxylation sites is 1. The van der Waals surface area contributed by atoms with E-state index in [9.17, 15) is 19.5 Å². The smallest absolute Gasteiger partial charge is 0.312 e. The van der Waals surface area contributed by atoms with Crippen LogP contribution in [0.15, 0.2) is 48.6 Å². The van der Waals surface area contributed by atoms with Crippen LogP contribution in [0.2, 0.25) is 0 Å². The Bertz CT molecular complexity index is 1300. The van der Waals surface area contributed by atoms with Gasteiger partial charge in [0.2, 0.25) is 5.91 Å². The monoisotopic (exact) mass is 507 g/mol. The number of rotatable bonds is 5. The van der Waals surface area contributed by atoms with Gasteiger partial charge in [-0.05, 0) is 25.0 Å². The Balaban J connectivity index is 1.43. The van der Waals surface area contributed by atoms with Crippen molar-refractivity contribution in [3.05, 3.63) is 48.6 Å². The van der Waals surface area contributed by atoms with Crippen molar-refractivity contribution in [2.24, 2.45) is 11.8 Å². The molecule has 1 aromatic carbocycles. The van der Waals surface area contributed by atoms with Crippen LogP contribution in [0.3, 0.4) is 0 Å². The van der Waals surface area contributed by atoms with Gasteiger partial charge in [0.05, 0.1) is 36.8 Å². The Labute approximate surface area is 213 Å². The van der Waals surface area contributed by atoms with E-state index in [-0.39, 0.29) is 38.2 Å². The molecule has 2 saturated heterocycles. The number of hydrogen-bond acceptors (Lipinski definition) is 8. The molecular weight excluding hydrogens is 478 g/mol. The van der Waals surface area contributed by atoms with Gasteiger partial charge in [0.25, 0.3) is 5.91 Å². The minimum absolute atomic E-state index is 0.119. The molecule has 37 heavy (non-hydrogen) atoms. The van der Waals surface area contributed by atoms with Crippen molar-refractivity contribution in [2.75, 3.05) is 19.8 Å². The Morgan fingerprint density at radius 3 is 2.84 bits per heavy atom. The molecule has 11 nitrogen and oxygen atoms in total. The van der Waals surface area contributed by atoms with Crippen molar-refractivity contribution < 1.29 is 29.0 Å². The predicted molar refractivity (Wildman–Crippen MR) is 129 cm³/mol. The van der Waals surface area contributed by atoms with Crippen LogP contribution in [-0.2, 0) is 30.5 Å². The highest BCUT2D eigenvalue weighted by atomic mass is 16.6. The molecule has 1 aromatic heterocycles. The molecule has 194 valence electrons. The van der Waals surface area contributed by atoms with Crippen LogP contribution in [0, 0.1) is 11.8 Å². The second-order valence-electron chi connectivity index (χ2n) is 9.90. The highest BCUT2D eigenvalue weighted by Crippen LogP contribution is 2.53. The number of carbonyl (C=O) groups is 3. The molecule has 2 aromatic rings. The average Bonchev–Trinajstić information content (AvgIpc) is 3.48. The van der Waals surface area contributed by atoms with Crippen molar-refractivity contribution in [1.82, 2.24) is 24.8 Å². The van der Waals surface area contributed by atoms with E-state index < -0.39 is 41.6 Å². The number of ether oxygens (including phenoxy) is 2. The average molecular weight is 508 g/mol. The Hall–Kier alpha value is -3.57. The second kappa shape index (κ2) is 9.07. The summed E-state index contributed by atoms with van der Waals surface area (Å²) in [5.41, 5.74) is 0.126. The predicted octanol–water partition coefficient (Wildman–Crippen LogP) is 0.642. The summed E-state index contributed by atoms with van der Waals surface area (Å²) in [6.45, 7) is 2.14. The van der Waals surface area contributed by atoms with Gasteiger partial charge in [-0.3, -0.25) is 14.4 Å². The Morgan fingerprint density at radius 1 is 1.19 bits per heavy atom. The molecule has 2 fully saturated rings. The Kier molecular flexibility index (Phi) is 5.84. The number of likely N-dealkylation sites (tertiary alicyclic amines) is 1. The summed E-state index contributed by atoms with van der Waals surface area (Å²) in [6, 6.07) is 5.82. The van der Waals surface area contributed by atoms with E-state index in [0.29, 0.717) is 18.4 Å². The van der Waals surface area contributed by atoms with E-state index in [1.807, 2.05) is 43.3 Å². The first-order valence-corrected chi connectivity index (χ1v) is 12.7. The van der Waals surface area contributed by atoms with Crippen LogP contribution < -0.4 is 0 Å². The molecule has 1 N–H and O–H groups in total. The SMILES string of the molecule is CC[C@@H](CO)N1C(=O)[C@@H]2[C@H]3C(=O)OCCC=C[C@H]3O[C@@]23C=CCN(Cn2nnc4ccccc42)C(=O)C13. The maximum absolute atomic E-state index is 14.3. The molecule has 0 bridgehead atoms. The third kappa shape index (κ3) is 3.51. The molecule has 6 atom stereocenters. The fourth-order valence-corrected chi connectivity index (χ4v) is 6.21. The van der Waals surface area contributed by atoms with Crippen LogP contribution in [0.1, 0.15) is 19.8 Å². The lowest BCUT2D eigenvalue weighted by Crippen LogP contribution is -2.58. The number of cyclic esters (lactones) is 1. The first-order valence-electron chi connectivity index (χ1n) is 12.7. The number of fused-ring (bicyclic) bond motifs is 3. The molecule has 1 spiro atoms. The van der Waals surface area contributed by atoms with Crippen LogP contribution in [0.4, 0.5) is 0 Å². The van der Waals surface area contributed by atoms with Gasteiger partial charge in [0, 0.05) is 6.54 Å². The van der Waals surface area contributed by atoms with E-state index in [2.05, 4.69) is 10.3 Å². The van der Waals surface area contributed by atoms with Crippen molar-refractivity contribution in [2.45, 2.75) is 50.2 Å². The van der Waals surface area contributed by atoms with Gasteiger partial charge >= 0.3 is 5.97 Å². The van der Waals surface area contributed by atoms with Gasteiger partial charge in [-0.15, -0.1) is 5.10 Å². The normalized spacial score (nSPS) is 32.0. The lowest BCUT2D eigenvalue weighted by Gasteiger charge is -2.38. The summed E-state index contributed by atoms with van der Waals surface area (Å²) < 4.78 is 13.6. The third-order valence-corrected chi connectivity index (χ3v) is 7.94. The molecule has 0 radical (unpaired) electrons. The van der Waals surface area contributed by atoms with Gasteiger partial charge in [0.1, 0.15) is 29.7 Å². The molecule has 0 aliphatic carbocycles. The van der Waals surface area contributed by atoms with Crippen molar-refractivity contribution in [3.63, 3.8) is 0 Å². The summed E-state index contributed by atoms with van der Waals surface area (Å²) in [5, 5.41) is 18.6. The topological polar surface area (TPSA) is 127 Å². The molecule has 5 heterocycles. The zero-order valence-electron chi connectivity index (χ0n) is 20.5. The lowest BCUT2D eigenvalue weighted by molar-refractivity contribution is -0.157. The maximum Gasteiger partial charge on any atom is 0.312 e. The van der Waals surface area contributed by atoms with Crippen molar-refractivity contribution in [1.29, 1.82) is 0 Å². The number of aromatic nitrogens is 3. The zero-order valence-corrected chi connectivity index (χ0v) is 20.5. The van der Waals surface area contributed by atoms with Gasteiger partial charge in [-0.1, -0.05) is 48.6 Å². The van der Waals surface area contributed by atoms with Gasteiger partial charge < -0.3 is 24.4 Å². The summed E-state index contributed by atoms with van der Waals surface area (Å²) >= 11 is 0. The maximum atomic E-state index is 14.3. The van der Waals surface area contributed by atoms with Crippen molar-refractivity contribution >= 4 is 28.8 Å². The Morgan fingerprint density at radius 2 is 2.03 bits per heavy atom. The molecule has 6 rings (SSSR count). The number of carbonyl (C=O) groups excluding carboxylic acids is 3. The number of aliphatic hydroxyl groups is 1. The van der Waals surface area contributed by atoms with E-state index >= 15 is 0 Å². The van der Waals surface area contributed by atoms with Gasteiger partial charge in [0.15, 0.2) is 0 Å². The first kappa shape index (κ1) is 23.8. The highest BCUT2D eigenvalue weighted by molar-refractivity contribution is 5.99. The van der Waals surface area contributed by atoms with E-state index in [1.54, 1.807) is 21.7 Å². The molecule has 1 unspecified atom stereocenters. The van der Waals surface area contributed by atoms with E-state index in [0.717, 1.165) is 5.52 Å². The molecule has 2 amide bonds. The molecular formula is C26H29N5O6. The lowest BCUT2D eigenvalue weighted by atomic mass is 9.77. The fourth-order valence-electron chi connectivity index (χ4n) is 6.21. The molecule has 4 aliphatic rings. The number of hydrogen-bond donors (Lipinski definition) is 1. The number of esters is 1. The zero-order chi connectivity index (χ0) is 25.7. The van der Waals surface area contributed by atoms with E-state index in [1.165, 1.54) is 4.90 Å². The van der Waals surface area contributed by atoms with Crippen LogP contribution in [0.5, 0.6) is 0 Å². The van der Waals surface area contributed by atoms with Crippen LogP contribution in [-0.4, -0.2) is 91.2 Å². The summed E-state index contributed by atoms with van der Waals surface area (Å²) in [6.07, 6.45) is 7.57. The van der Waals surface area contributed by atoms with Gasteiger partial charge in [-0.25, -0.2) is 4.68 Å². The minimum Gasteiger partial charge on any atom is -0.465 e. The van der Waals surface area contributed by atoms with E-state index in [4.69, 9.17) is 9.47 Å². The quantitative estimate of drug-likeness (QED) is 0.462. The molecule has 0 saturated carbocycles. The summed E-state index contributed by atoms with van der Waals surface area (Å²) in [7, 11) is 0. The number of amides is 2. The largest absolute Gasteiger partial charge is 0.465 e. The van der Waals surface area contributed by atoms with Crippen LogP contribution in [0.25, 0.3) is 11.0 Å². The summed E-state index contributed by atoms with van der Waals surface area (Å²) in [5.74, 6) is -3.03. The number of aliphatic hydroxyl groups excluding tert-OH is 1. The third-order valence-electron chi connectivity index (χ3n) is 7.94. The highest BCUT2D eigenvalue weighted by Gasteiger charge is 2.72. The summed E-state index contributed by atoms with van der Waals surface area (Å²) in [4.78, 5) is 44.5. The molecule has 4 aliphatic heterocycles.